The molecule has 0 spiro atoms. The van der Waals surface area contributed by atoms with Crippen LogP contribution in [0.1, 0.15) is 67.5 Å². The molecule has 0 radical (unpaired) electrons. The number of rotatable bonds is 5. The number of ether oxygens (including phenoxy) is 1. The average molecular weight is 369 g/mol. The van der Waals surface area contributed by atoms with Crippen molar-refractivity contribution in [3.05, 3.63) is 52.3 Å². The Hall–Kier alpha value is -2.20. The third kappa shape index (κ3) is 5.16. The van der Waals surface area contributed by atoms with E-state index in [2.05, 4.69) is 13.8 Å². The molecule has 1 aromatic heterocycles. The van der Waals surface area contributed by atoms with Crippen LogP contribution in [0.4, 0.5) is 0 Å². The molecule has 0 bridgehead atoms. The summed E-state index contributed by atoms with van der Waals surface area (Å²) in [5.74, 6) is 0.0920. The molecule has 0 fully saturated rings. The van der Waals surface area contributed by atoms with Crippen LogP contribution in [0, 0.1) is 19.8 Å². The van der Waals surface area contributed by atoms with Gasteiger partial charge in [-0.05, 0) is 58.1 Å². The van der Waals surface area contributed by atoms with Gasteiger partial charge in [0.2, 0.25) is 0 Å². The second-order valence-electron chi connectivity index (χ2n) is 8.54. The van der Waals surface area contributed by atoms with Crippen LogP contribution >= 0.6 is 0 Å². The minimum atomic E-state index is -0.576. The van der Waals surface area contributed by atoms with Crippen LogP contribution in [-0.2, 0) is 17.7 Å². The van der Waals surface area contributed by atoms with Gasteiger partial charge in [0, 0.05) is 17.8 Å². The molecule has 4 heteroatoms. The van der Waals surface area contributed by atoms with Crippen molar-refractivity contribution in [1.29, 1.82) is 0 Å². The molecule has 1 heterocycles. The zero-order valence-electron chi connectivity index (χ0n) is 17.6. The molecular weight excluding hydrogens is 336 g/mol. The van der Waals surface area contributed by atoms with E-state index in [0.29, 0.717) is 23.7 Å². The molecule has 1 aromatic carbocycles. The normalized spacial score (nSPS) is 11.7. The van der Waals surface area contributed by atoms with Crippen LogP contribution in [0.25, 0.3) is 11.1 Å². The summed E-state index contributed by atoms with van der Waals surface area (Å²) in [6.07, 6.45) is 0.820. The fourth-order valence-corrected chi connectivity index (χ4v) is 3.20. The number of aryl methyl sites for hydroxylation is 2. The fraction of sp³-hybridized carbons (Fsp3) is 0.478. The molecule has 2 rings (SSSR count). The summed E-state index contributed by atoms with van der Waals surface area (Å²) in [4.78, 5) is 17.8. The topological polar surface area (TPSA) is 65.2 Å². The lowest BCUT2D eigenvalue weighted by Crippen LogP contribution is -2.26. The molecule has 2 aromatic rings. The molecule has 0 amide bonds. The first-order valence-electron chi connectivity index (χ1n) is 9.56. The Morgan fingerprint density at radius 2 is 1.74 bits per heavy atom. The second kappa shape index (κ2) is 8.22. The predicted molar refractivity (Wildman–Crippen MR) is 111 cm³/mol. The first-order chi connectivity index (χ1) is 12.5. The van der Waals surface area contributed by atoms with Crippen LogP contribution in [-0.4, -0.2) is 16.6 Å². The molecule has 0 atom stereocenters. The molecule has 146 valence electrons. The molecule has 0 unspecified atom stereocenters. The molecule has 0 saturated carbocycles. The number of carbonyl (C=O) groups is 1. The minimum absolute atomic E-state index is 0.328. The van der Waals surface area contributed by atoms with E-state index < -0.39 is 5.60 Å². The van der Waals surface area contributed by atoms with Gasteiger partial charge in [-0.25, -0.2) is 4.79 Å². The highest BCUT2D eigenvalue weighted by atomic mass is 16.6. The predicted octanol–water partition coefficient (Wildman–Crippen LogP) is 4.98. The van der Waals surface area contributed by atoms with E-state index in [9.17, 15) is 4.79 Å². The van der Waals surface area contributed by atoms with E-state index in [1.165, 1.54) is 5.56 Å². The number of esters is 1. The number of pyridine rings is 1. The van der Waals surface area contributed by atoms with Crippen molar-refractivity contribution in [3.63, 3.8) is 0 Å². The van der Waals surface area contributed by atoms with Crippen LogP contribution < -0.4 is 5.73 Å². The minimum Gasteiger partial charge on any atom is -0.456 e. The number of carbonyl (C=O) groups excluding carboxylic acids is 1. The first kappa shape index (κ1) is 21.1. The largest absolute Gasteiger partial charge is 0.456 e. The molecule has 0 aliphatic carbocycles. The number of nitrogens with two attached hydrogens (primary N) is 1. The Morgan fingerprint density at radius 3 is 2.22 bits per heavy atom. The standard InChI is InChI=1S/C23H32N2O2/c1-14(2)12-19-18(13-24)21(17-10-8-15(3)9-11-17)20(16(4)25-19)22(26)27-23(5,6)7/h8-11,14H,12-13,24H2,1-7H3. The van der Waals surface area contributed by atoms with Gasteiger partial charge in [-0.3, -0.25) is 4.98 Å². The molecule has 4 nitrogen and oxygen atoms in total. The van der Waals surface area contributed by atoms with Crippen molar-refractivity contribution in [2.75, 3.05) is 0 Å². The average Bonchev–Trinajstić information content (AvgIpc) is 2.52. The summed E-state index contributed by atoms with van der Waals surface area (Å²) in [6.45, 7) is 14.2. The van der Waals surface area contributed by atoms with Gasteiger partial charge in [-0.2, -0.15) is 0 Å². The maximum atomic E-state index is 13.0. The van der Waals surface area contributed by atoms with E-state index in [0.717, 1.165) is 28.8 Å². The number of nitrogens with zero attached hydrogens (tertiary/aromatic N) is 1. The highest BCUT2D eigenvalue weighted by Crippen LogP contribution is 2.33. The van der Waals surface area contributed by atoms with E-state index in [-0.39, 0.29) is 5.97 Å². The highest BCUT2D eigenvalue weighted by Gasteiger charge is 2.27. The van der Waals surface area contributed by atoms with E-state index in [1.54, 1.807) is 0 Å². The lowest BCUT2D eigenvalue weighted by molar-refractivity contribution is 0.00690. The van der Waals surface area contributed by atoms with E-state index in [4.69, 9.17) is 15.5 Å². The summed E-state index contributed by atoms with van der Waals surface area (Å²) in [7, 11) is 0. The van der Waals surface area contributed by atoms with Gasteiger partial charge in [0.15, 0.2) is 0 Å². The van der Waals surface area contributed by atoms with Crippen molar-refractivity contribution < 1.29 is 9.53 Å². The molecular formula is C23H32N2O2. The Labute approximate surface area is 163 Å². The number of hydrogen-bond acceptors (Lipinski definition) is 4. The van der Waals surface area contributed by atoms with Crippen LogP contribution in [0.3, 0.4) is 0 Å². The molecule has 0 saturated heterocycles. The second-order valence-corrected chi connectivity index (χ2v) is 8.54. The van der Waals surface area contributed by atoms with Gasteiger partial charge in [-0.1, -0.05) is 43.7 Å². The van der Waals surface area contributed by atoms with E-state index in [1.807, 2.05) is 58.9 Å². The molecule has 2 N–H and O–H groups in total. The summed E-state index contributed by atoms with van der Waals surface area (Å²) < 4.78 is 5.69. The van der Waals surface area contributed by atoms with Gasteiger partial charge in [0.25, 0.3) is 0 Å². The zero-order valence-corrected chi connectivity index (χ0v) is 17.6. The first-order valence-corrected chi connectivity index (χ1v) is 9.56. The molecule has 0 aliphatic heterocycles. The lowest BCUT2D eigenvalue weighted by atomic mass is 9.89. The summed E-state index contributed by atoms with van der Waals surface area (Å²) in [5.41, 5.74) is 11.7. The zero-order chi connectivity index (χ0) is 20.4. The Balaban J connectivity index is 2.78. The highest BCUT2D eigenvalue weighted by molar-refractivity contribution is 5.99. The Kier molecular flexibility index (Phi) is 6.42. The van der Waals surface area contributed by atoms with Crippen molar-refractivity contribution >= 4 is 5.97 Å². The van der Waals surface area contributed by atoms with Crippen molar-refractivity contribution in [3.8, 4) is 11.1 Å². The van der Waals surface area contributed by atoms with Gasteiger partial charge in [0.05, 0.1) is 11.3 Å². The summed E-state index contributed by atoms with van der Waals surface area (Å²) in [6, 6.07) is 8.17. The Bertz CT molecular complexity index is 816. The monoisotopic (exact) mass is 368 g/mol. The fourth-order valence-electron chi connectivity index (χ4n) is 3.20. The summed E-state index contributed by atoms with van der Waals surface area (Å²) >= 11 is 0. The number of hydrogen-bond donors (Lipinski definition) is 1. The van der Waals surface area contributed by atoms with Crippen molar-refractivity contribution in [2.45, 2.75) is 67.0 Å². The van der Waals surface area contributed by atoms with Gasteiger partial charge >= 0.3 is 5.97 Å². The van der Waals surface area contributed by atoms with Crippen LogP contribution in [0.15, 0.2) is 24.3 Å². The summed E-state index contributed by atoms with van der Waals surface area (Å²) in [5, 5.41) is 0. The van der Waals surface area contributed by atoms with Crippen molar-refractivity contribution in [1.82, 2.24) is 4.98 Å². The Morgan fingerprint density at radius 1 is 1.15 bits per heavy atom. The van der Waals surface area contributed by atoms with Crippen LogP contribution in [0.5, 0.6) is 0 Å². The maximum Gasteiger partial charge on any atom is 0.341 e. The quantitative estimate of drug-likeness (QED) is 0.756. The number of benzene rings is 1. The number of aromatic nitrogens is 1. The SMILES string of the molecule is Cc1ccc(-c2c(CN)c(CC(C)C)nc(C)c2C(=O)OC(C)(C)C)cc1. The van der Waals surface area contributed by atoms with Gasteiger partial charge in [0.1, 0.15) is 5.60 Å². The third-order valence-corrected chi connectivity index (χ3v) is 4.31. The van der Waals surface area contributed by atoms with E-state index >= 15 is 0 Å². The smallest absolute Gasteiger partial charge is 0.341 e. The molecule has 0 aliphatic rings. The maximum absolute atomic E-state index is 13.0. The third-order valence-electron chi connectivity index (χ3n) is 4.31. The molecule has 27 heavy (non-hydrogen) atoms. The lowest BCUT2D eigenvalue weighted by Gasteiger charge is -2.24. The van der Waals surface area contributed by atoms with Gasteiger partial charge in [-0.15, -0.1) is 0 Å². The van der Waals surface area contributed by atoms with Crippen molar-refractivity contribution in [2.24, 2.45) is 11.7 Å². The van der Waals surface area contributed by atoms with Crippen LogP contribution in [0.2, 0.25) is 0 Å². The van der Waals surface area contributed by atoms with Gasteiger partial charge < -0.3 is 10.5 Å².